The zero-order chi connectivity index (χ0) is 18.5. The SMILES string of the molecule is CC[C@@H](c1ccccc1)[C@H]1CCCN1C(=O)CCc1ccc(F)c(F)c1. The van der Waals surface area contributed by atoms with E-state index < -0.39 is 11.6 Å². The molecule has 2 aromatic rings. The van der Waals surface area contributed by atoms with Gasteiger partial charge in [-0.15, -0.1) is 0 Å². The zero-order valence-electron chi connectivity index (χ0n) is 15.1. The maximum atomic E-state index is 13.3. The number of hydrogen-bond donors (Lipinski definition) is 0. The lowest BCUT2D eigenvalue weighted by molar-refractivity contribution is -0.132. The Bertz CT molecular complexity index is 747. The van der Waals surface area contributed by atoms with Gasteiger partial charge < -0.3 is 4.90 Å². The summed E-state index contributed by atoms with van der Waals surface area (Å²) in [5.74, 6) is -1.27. The highest BCUT2D eigenvalue weighted by atomic mass is 19.2. The van der Waals surface area contributed by atoms with E-state index in [2.05, 4.69) is 19.1 Å². The molecule has 0 aromatic heterocycles. The molecule has 0 spiro atoms. The Morgan fingerprint density at radius 1 is 1.15 bits per heavy atom. The van der Waals surface area contributed by atoms with Crippen LogP contribution >= 0.6 is 0 Å². The molecule has 1 amide bonds. The maximum absolute atomic E-state index is 13.3. The molecule has 0 N–H and O–H groups in total. The molecule has 26 heavy (non-hydrogen) atoms. The summed E-state index contributed by atoms with van der Waals surface area (Å²) >= 11 is 0. The second-order valence-electron chi connectivity index (χ2n) is 6.97. The van der Waals surface area contributed by atoms with Gasteiger partial charge in [0, 0.05) is 24.9 Å². The van der Waals surface area contributed by atoms with Gasteiger partial charge >= 0.3 is 0 Å². The highest BCUT2D eigenvalue weighted by Crippen LogP contribution is 2.34. The average molecular weight is 357 g/mol. The first-order valence-electron chi connectivity index (χ1n) is 9.38. The fourth-order valence-corrected chi connectivity index (χ4v) is 4.04. The Labute approximate surface area is 153 Å². The fraction of sp³-hybridized carbons (Fsp3) is 0.409. The third-order valence-corrected chi connectivity index (χ3v) is 5.36. The largest absolute Gasteiger partial charge is 0.339 e. The highest BCUT2D eigenvalue weighted by Gasteiger charge is 2.34. The molecule has 1 aliphatic rings. The van der Waals surface area contributed by atoms with Gasteiger partial charge in [0.05, 0.1) is 0 Å². The molecule has 138 valence electrons. The number of halogens is 2. The molecule has 2 aromatic carbocycles. The van der Waals surface area contributed by atoms with E-state index in [-0.39, 0.29) is 11.9 Å². The van der Waals surface area contributed by atoms with Crippen molar-refractivity contribution in [3.8, 4) is 0 Å². The summed E-state index contributed by atoms with van der Waals surface area (Å²) in [5, 5.41) is 0. The number of benzene rings is 2. The van der Waals surface area contributed by atoms with Crippen molar-refractivity contribution in [1.82, 2.24) is 4.90 Å². The van der Waals surface area contributed by atoms with Crippen molar-refractivity contribution in [3.05, 3.63) is 71.3 Å². The molecule has 3 rings (SSSR count). The minimum atomic E-state index is -0.857. The Kier molecular flexibility index (Phi) is 6.02. The lowest BCUT2D eigenvalue weighted by Gasteiger charge is -2.32. The van der Waals surface area contributed by atoms with Gasteiger partial charge in [-0.3, -0.25) is 4.79 Å². The van der Waals surface area contributed by atoms with Crippen LogP contribution in [-0.4, -0.2) is 23.4 Å². The fourth-order valence-electron chi connectivity index (χ4n) is 4.04. The minimum Gasteiger partial charge on any atom is -0.339 e. The second-order valence-corrected chi connectivity index (χ2v) is 6.97. The Morgan fingerprint density at radius 2 is 1.92 bits per heavy atom. The Hall–Kier alpha value is -2.23. The van der Waals surface area contributed by atoms with Crippen LogP contribution in [0.4, 0.5) is 8.78 Å². The summed E-state index contributed by atoms with van der Waals surface area (Å²) in [6, 6.07) is 14.4. The first-order chi connectivity index (χ1) is 12.6. The zero-order valence-corrected chi connectivity index (χ0v) is 15.1. The number of carbonyl (C=O) groups excluding carboxylic acids is 1. The first-order valence-corrected chi connectivity index (χ1v) is 9.38. The highest BCUT2D eigenvalue weighted by molar-refractivity contribution is 5.77. The smallest absolute Gasteiger partial charge is 0.223 e. The molecule has 2 atom stereocenters. The molecule has 0 unspecified atom stereocenters. The van der Waals surface area contributed by atoms with Crippen molar-refractivity contribution in [2.45, 2.75) is 51.0 Å². The molecule has 1 saturated heterocycles. The summed E-state index contributed by atoms with van der Waals surface area (Å²) in [7, 11) is 0. The maximum Gasteiger partial charge on any atom is 0.223 e. The summed E-state index contributed by atoms with van der Waals surface area (Å²) in [6.45, 7) is 2.95. The molecule has 0 aliphatic carbocycles. The molecule has 0 radical (unpaired) electrons. The van der Waals surface area contributed by atoms with E-state index in [1.54, 1.807) is 6.07 Å². The van der Waals surface area contributed by atoms with Gasteiger partial charge in [-0.25, -0.2) is 8.78 Å². The van der Waals surface area contributed by atoms with Gasteiger partial charge in [-0.05, 0) is 48.9 Å². The number of hydrogen-bond acceptors (Lipinski definition) is 1. The summed E-state index contributed by atoms with van der Waals surface area (Å²) < 4.78 is 26.4. The molecule has 1 heterocycles. The van der Waals surface area contributed by atoms with Crippen LogP contribution in [0.1, 0.15) is 49.7 Å². The standard InChI is InChI=1S/C22H25F2NO/c1-2-18(17-7-4-3-5-8-17)21-9-6-14-25(21)22(26)13-11-16-10-12-19(23)20(24)15-16/h3-5,7-8,10,12,15,18,21H,2,6,9,11,13-14H2,1H3/t18-,21+/m0/s1. The van der Waals surface area contributed by atoms with Crippen LogP contribution in [0.3, 0.4) is 0 Å². The van der Waals surface area contributed by atoms with Gasteiger partial charge in [0.25, 0.3) is 0 Å². The first kappa shape index (κ1) is 18.6. The third-order valence-electron chi connectivity index (χ3n) is 5.36. The molecular weight excluding hydrogens is 332 g/mol. The van der Waals surface area contributed by atoms with E-state index in [4.69, 9.17) is 0 Å². The average Bonchev–Trinajstić information content (AvgIpc) is 3.13. The van der Waals surface area contributed by atoms with Crippen LogP contribution < -0.4 is 0 Å². The van der Waals surface area contributed by atoms with Crippen LogP contribution in [0, 0.1) is 11.6 Å². The van der Waals surface area contributed by atoms with Gasteiger partial charge in [0.2, 0.25) is 5.91 Å². The molecule has 2 nitrogen and oxygen atoms in total. The Morgan fingerprint density at radius 3 is 2.62 bits per heavy atom. The van der Waals surface area contributed by atoms with E-state index >= 15 is 0 Å². The molecule has 0 saturated carbocycles. The van der Waals surface area contributed by atoms with E-state index in [0.29, 0.717) is 24.3 Å². The van der Waals surface area contributed by atoms with Crippen LogP contribution in [0.25, 0.3) is 0 Å². The predicted octanol–water partition coefficient (Wildman–Crippen LogP) is 5.08. The minimum absolute atomic E-state index is 0.103. The molecule has 1 fully saturated rings. The Balaban J connectivity index is 1.66. The quantitative estimate of drug-likeness (QED) is 0.706. The van der Waals surface area contributed by atoms with E-state index in [1.807, 2.05) is 23.1 Å². The van der Waals surface area contributed by atoms with Crippen LogP contribution in [0.5, 0.6) is 0 Å². The predicted molar refractivity (Wildman–Crippen MR) is 98.9 cm³/mol. The van der Waals surface area contributed by atoms with Crippen LogP contribution in [0.15, 0.2) is 48.5 Å². The van der Waals surface area contributed by atoms with Crippen molar-refractivity contribution >= 4 is 5.91 Å². The number of carbonyl (C=O) groups is 1. The van der Waals surface area contributed by atoms with Gasteiger partial charge in [-0.1, -0.05) is 43.3 Å². The van der Waals surface area contributed by atoms with Crippen molar-refractivity contribution in [2.75, 3.05) is 6.54 Å². The van der Waals surface area contributed by atoms with Gasteiger partial charge in [0.1, 0.15) is 0 Å². The molecule has 0 bridgehead atoms. The van der Waals surface area contributed by atoms with Crippen LogP contribution in [-0.2, 0) is 11.2 Å². The number of likely N-dealkylation sites (tertiary alicyclic amines) is 1. The van der Waals surface area contributed by atoms with E-state index in [1.165, 1.54) is 11.6 Å². The number of amides is 1. The van der Waals surface area contributed by atoms with Gasteiger partial charge in [-0.2, -0.15) is 0 Å². The normalized spacial score (nSPS) is 18.1. The molecular formula is C22H25F2NO. The summed E-state index contributed by atoms with van der Waals surface area (Å²) in [4.78, 5) is 14.8. The van der Waals surface area contributed by atoms with Crippen molar-refractivity contribution in [2.24, 2.45) is 0 Å². The molecule has 1 aliphatic heterocycles. The van der Waals surface area contributed by atoms with Crippen LogP contribution in [0.2, 0.25) is 0 Å². The van der Waals surface area contributed by atoms with Gasteiger partial charge in [0.15, 0.2) is 11.6 Å². The lowest BCUT2D eigenvalue weighted by Crippen LogP contribution is -2.39. The lowest BCUT2D eigenvalue weighted by atomic mass is 9.87. The third kappa shape index (κ3) is 4.12. The summed E-state index contributed by atoms with van der Waals surface area (Å²) in [6.07, 6.45) is 3.78. The number of nitrogens with zero attached hydrogens (tertiary/aromatic N) is 1. The summed E-state index contributed by atoms with van der Waals surface area (Å²) in [5.41, 5.74) is 1.93. The van der Waals surface area contributed by atoms with E-state index in [9.17, 15) is 13.6 Å². The topological polar surface area (TPSA) is 20.3 Å². The van der Waals surface area contributed by atoms with Crippen molar-refractivity contribution in [3.63, 3.8) is 0 Å². The monoisotopic (exact) mass is 357 g/mol. The number of aryl methyl sites for hydroxylation is 1. The number of rotatable bonds is 6. The van der Waals surface area contributed by atoms with Crippen molar-refractivity contribution in [1.29, 1.82) is 0 Å². The van der Waals surface area contributed by atoms with E-state index in [0.717, 1.165) is 31.9 Å². The molecule has 4 heteroatoms. The second kappa shape index (κ2) is 8.43. The van der Waals surface area contributed by atoms with Crippen molar-refractivity contribution < 1.29 is 13.6 Å².